The van der Waals surface area contributed by atoms with E-state index in [2.05, 4.69) is 5.16 Å². The summed E-state index contributed by atoms with van der Waals surface area (Å²) in [7, 11) is 0. The molecule has 0 saturated heterocycles. The number of Topliss-reactive ketones (excluding diaryl/α,β-unsaturated/α-hetero) is 1. The molecular formula is C10H13BrN2O2. The van der Waals surface area contributed by atoms with Gasteiger partial charge in [-0.05, 0) is 6.07 Å². The van der Waals surface area contributed by atoms with Crippen LogP contribution in [0.3, 0.4) is 0 Å². The molecule has 0 atom stereocenters. The van der Waals surface area contributed by atoms with Gasteiger partial charge in [-0.3, -0.25) is 4.79 Å². The SMILES string of the molecule is CCC(=O)C[n+]1cccc(C=NO)c1.[Br-]. The Labute approximate surface area is 99.0 Å². The Morgan fingerprint density at radius 3 is 3.00 bits per heavy atom. The van der Waals surface area contributed by atoms with Gasteiger partial charge in [-0.15, -0.1) is 0 Å². The molecule has 0 aliphatic heterocycles. The van der Waals surface area contributed by atoms with Crippen LogP contribution in [0.2, 0.25) is 0 Å². The zero-order valence-electron chi connectivity index (χ0n) is 8.43. The highest BCUT2D eigenvalue weighted by atomic mass is 79.9. The third-order valence-corrected chi connectivity index (χ3v) is 1.84. The first kappa shape index (κ1) is 13.8. The predicted molar refractivity (Wildman–Crippen MR) is 51.3 cm³/mol. The van der Waals surface area contributed by atoms with Gasteiger partial charge in [-0.25, -0.2) is 0 Å². The van der Waals surface area contributed by atoms with Crippen molar-refractivity contribution in [2.75, 3.05) is 0 Å². The monoisotopic (exact) mass is 272 g/mol. The molecule has 0 unspecified atom stereocenters. The number of nitrogens with zero attached hydrogens (tertiary/aromatic N) is 2. The number of aromatic nitrogens is 1. The average Bonchev–Trinajstić information content (AvgIpc) is 2.19. The first-order valence-corrected chi connectivity index (χ1v) is 4.44. The van der Waals surface area contributed by atoms with Crippen molar-refractivity contribution in [3.05, 3.63) is 30.1 Å². The third kappa shape index (κ3) is 4.69. The number of pyridine rings is 1. The van der Waals surface area contributed by atoms with Crippen LogP contribution in [0, 0.1) is 0 Å². The van der Waals surface area contributed by atoms with Crippen LogP contribution in [0.1, 0.15) is 18.9 Å². The van der Waals surface area contributed by atoms with Crippen LogP contribution in [-0.2, 0) is 11.3 Å². The molecule has 0 bridgehead atoms. The molecule has 4 nitrogen and oxygen atoms in total. The third-order valence-electron chi connectivity index (χ3n) is 1.84. The van der Waals surface area contributed by atoms with E-state index >= 15 is 0 Å². The van der Waals surface area contributed by atoms with Crippen LogP contribution in [0.15, 0.2) is 29.7 Å². The lowest BCUT2D eigenvalue weighted by Crippen LogP contribution is -3.00. The highest BCUT2D eigenvalue weighted by Crippen LogP contribution is 1.90. The van der Waals surface area contributed by atoms with Crippen LogP contribution in [0.4, 0.5) is 0 Å². The number of hydrogen-bond acceptors (Lipinski definition) is 3. The maximum atomic E-state index is 11.1. The minimum absolute atomic E-state index is 0. The van der Waals surface area contributed by atoms with E-state index in [0.717, 1.165) is 5.56 Å². The summed E-state index contributed by atoms with van der Waals surface area (Å²) < 4.78 is 1.77. The highest BCUT2D eigenvalue weighted by molar-refractivity contribution is 5.78. The summed E-state index contributed by atoms with van der Waals surface area (Å²) in [6.07, 6.45) is 5.42. The number of ketones is 1. The highest BCUT2D eigenvalue weighted by Gasteiger charge is 2.06. The van der Waals surface area contributed by atoms with Crippen LogP contribution < -0.4 is 21.5 Å². The molecule has 5 heteroatoms. The molecule has 0 aliphatic carbocycles. The predicted octanol–water partition coefficient (Wildman–Crippen LogP) is -2.23. The minimum atomic E-state index is 0. The Hall–Kier alpha value is -1.23. The van der Waals surface area contributed by atoms with E-state index in [9.17, 15) is 4.79 Å². The summed E-state index contributed by atoms with van der Waals surface area (Å²) in [4.78, 5) is 11.1. The lowest BCUT2D eigenvalue weighted by Gasteiger charge is -1.94. The van der Waals surface area contributed by atoms with Crippen molar-refractivity contribution >= 4 is 12.0 Å². The molecule has 0 amide bonds. The van der Waals surface area contributed by atoms with Gasteiger partial charge in [0.2, 0.25) is 6.54 Å². The number of rotatable bonds is 4. The molecule has 1 N–H and O–H groups in total. The largest absolute Gasteiger partial charge is 1.00 e. The molecule has 82 valence electrons. The van der Waals surface area contributed by atoms with Gasteiger partial charge in [-0.1, -0.05) is 12.1 Å². The minimum Gasteiger partial charge on any atom is -1.00 e. The summed E-state index contributed by atoms with van der Waals surface area (Å²) in [5, 5.41) is 11.3. The fourth-order valence-corrected chi connectivity index (χ4v) is 1.10. The molecule has 0 saturated carbocycles. The standard InChI is InChI=1S/C10H12N2O2.BrH/c1-2-10(13)8-12-5-3-4-9(7-12)6-11-14;/h3-7H,2,8H2,1H3;1H. The van der Waals surface area contributed by atoms with E-state index in [4.69, 9.17) is 5.21 Å². The van der Waals surface area contributed by atoms with Crippen molar-refractivity contribution in [1.29, 1.82) is 0 Å². The maximum absolute atomic E-state index is 11.1. The van der Waals surface area contributed by atoms with Crippen molar-refractivity contribution in [1.82, 2.24) is 0 Å². The van der Waals surface area contributed by atoms with E-state index in [-0.39, 0.29) is 22.8 Å². The zero-order valence-corrected chi connectivity index (χ0v) is 10.0. The Morgan fingerprint density at radius 2 is 2.40 bits per heavy atom. The fourth-order valence-electron chi connectivity index (χ4n) is 1.10. The van der Waals surface area contributed by atoms with E-state index in [1.54, 1.807) is 22.9 Å². The molecule has 0 aliphatic rings. The summed E-state index contributed by atoms with van der Waals surface area (Å²) in [5.41, 5.74) is 0.763. The van der Waals surface area contributed by atoms with E-state index in [1.165, 1.54) is 6.21 Å². The van der Waals surface area contributed by atoms with Gasteiger partial charge in [0, 0.05) is 12.5 Å². The van der Waals surface area contributed by atoms with Crippen molar-refractivity contribution in [2.24, 2.45) is 5.16 Å². The molecule has 0 aromatic carbocycles. The van der Waals surface area contributed by atoms with Crippen LogP contribution in [0.25, 0.3) is 0 Å². The normalized spacial score (nSPS) is 9.93. The second-order valence-corrected chi connectivity index (χ2v) is 2.95. The van der Waals surface area contributed by atoms with Crippen molar-refractivity contribution < 1.29 is 31.6 Å². The molecule has 15 heavy (non-hydrogen) atoms. The second kappa shape index (κ2) is 7.11. The quantitative estimate of drug-likeness (QED) is 0.292. The Balaban J connectivity index is 0.00000196. The summed E-state index contributed by atoms with van der Waals surface area (Å²) in [6.45, 7) is 2.20. The Kier molecular flexibility index (Phi) is 6.53. The summed E-state index contributed by atoms with van der Waals surface area (Å²) in [5.74, 6) is 0.174. The zero-order chi connectivity index (χ0) is 10.4. The summed E-state index contributed by atoms with van der Waals surface area (Å²) in [6, 6.07) is 3.60. The smallest absolute Gasteiger partial charge is 0.206 e. The van der Waals surface area contributed by atoms with Crippen LogP contribution >= 0.6 is 0 Å². The van der Waals surface area contributed by atoms with Crippen molar-refractivity contribution in [3.8, 4) is 0 Å². The average molecular weight is 273 g/mol. The first-order chi connectivity index (χ1) is 6.76. The molecular weight excluding hydrogens is 260 g/mol. The van der Waals surface area contributed by atoms with E-state index < -0.39 is 0 Å². The van der Waals surface area contributed by atoms with Gasteiger partial charge in [0.05, 0.1) is 11.8 Å². The Morgan fingerprint density at radius 1 is 1.67 bits per heavy atom. The van der Waals surface area contributed by atoms with Crippen molar-refractivity contribution in [2.45, 2.75) is 19.9 Å². The molecule has 1 aromatic rings. The molecule has 1 rings (SSSR count). The van der Waals surface area contributed by atoms with Gasteiger partial charge in [0.15, 0.2) is 18.2 Å². The maximum Gasteiger partial charge on any atom is 0.206 e. The van der Waals surface area contributed by atoms with Gasteiger partial charge >= 0.3 is 0 Å². The lowest BCUT2D eigenvalue weighted by atomic mass is 10.3. The van der Waals surface area contributed by atoms with Crippen molar-refractivity contribution in [3.63, 3.8) is 0 Å². The number of halogens is 1. The molecule has 0 radical (unpaired) electrons. The number of oxime groups is 1. The van der Waals surface area contributed by atoms with E-state index in [0.29, 0.717) is 13.0 Å². The summed E-state index contributed by atoms with van der Waals surface area (Å²) >= 11 is 0. The Bertz CT molecular complexity index is 353. The van der Waals surface area contributed by atoms with Gasteiger partial charge in [0.25, 0.3) is 0 Å². The lowest BCUT2D eigenvalue weighted by molar-refractivity contribution is -0.684. The second-order valence-electron chi connectivity index (χ2n) is 2.95. The number of hydrogen-bond donors (Lipinski definition) is 1. The molecule has 0 fully saturated rings. The van der Waals surface area contributed by atoms with Crippen LogP contribution in [0.5, 0.6) is 0 Å². The molecule has 1 aromatic heterocycles. The molecule has 1 heterocycles. The number of carbonyl (C=O) groups excluding carboxylic acids is 1. The van der Waals surface area contributed by atoms with Crippen LogP contribution in [-0.4, -0.2) is 17.2 Å². The van der Waals surface area contributed by atoms with Gasteiger partial charge in [-0.2, -0.15) is 4.57 Å². The van der Waals surface area contributed by atoms with Gasteiger partial charge in [0.1, 0.15) is 0 Å². The number of carbonyl (C=O) groups is 1. The first-order valence-electron chi connectivity index (χ1n) is 4.44. The topological polar surface area (TPSA) is 53.5 Å². The fraction of sp³-hybridized carbons (Fsp3) is 0.300. The van der Waals surface area contributed by atoms with E-state index in [1.807, 2.05) is 13.1 Å². The van der Waals surface area contributed by atoms with Gasteiger partial charge < -0.3 is 22.2 Å². The molecule has 0 spiro atoms.